The van der Waals surface area contributed by atoms with E-state index in [4.69, 9.17) is 4.89 Å². The lowest BCUT2D eigenvalue weighted by Gasteiger charge is -2.09. The molecule has 10 heavy (non-hydrogen) atoms. The SMILES string of the molecule is CC(CO[P+](=O)O)S(=O)[O-]. The Bertz CT molecular complexity index is 148. The van der Waals surface area contributed by atoms with Crippen LogP contribution in [0, 0.1) is 0 Å². The van der Waals surface area contributed by atoms with Gasteiger partial charge in [0.15, 0.2) is 0 Å². The summed E-state index contributed by atoms with van der Waals surface area (Å²) in [5, 5.41) is -0.744. The number of rotatable bonds is 4. The van der Waals surface area contributed by atoms with Crippen molar-refractivity contribution >= 4 is 19.3 Å². The second kappa shape index (κ2) is 4.87. The summed E-state index contributed by atoms with van der Waals surface area (Å²) in [7, 11) is -2.68. The quantitative estimate of drug-likeness (QED) is 0.490. The molecule has 0 amide bonds. The molecule has 0 aromatic carbocycles. The summed E-state index contributed by atoms with van der Waals surface area (Å²) in [5.41, 5.74) is 0. The van der Waals surface area contributed by atoms with E-state index in [1.807, 2.05) is 0 Å². The van der Waals surface area contributed by atoms with Crippen molar-refractivity contribution in [1.82, 2.24) is 0 Å². The Labute approximate surface area is 61.6 Å². The van der Waals surface area contributed by atoms with Crippen molar-refractivity contribution in [3.8, 4) is 0 Å². The number of hydrogen-bond acceptors (Lipinski definition) is 4. The van der Waals surface area contributed by atoms with Crippen LogP contribution in [0.15, 0.2) is 0 Å². The van der Waals surface area contributed by atoms with Crippen LogP contribution in [0.1, 0.15) is 6.92 Å². The Morgan fingerprint density at radius 3 is 2.70 bits per heavy atom. The topological polar surface area (TPSA) is 86.7 Å². The zero-order valence-corrected chi connectivity index (χ0v) is 6.93. The molecule has 0 fully saturated rings. The Kier molecular flexibility index (Phi) is 4.93. The Balaban J connectivity index is 3.49. The first kappa shape index (κ1) is 10.1. The molecule has 0 aromatic rings. The Morgan fingerprint density at radius 1 is 1.90 bits per heavy atom. The molecule has 0 spiro atoms. The summed E-state index contributed by atoms with van der Waals surface area (Å²) in [4.78, 5) is 8.07. The van der Waals surface area contributed by atoms with Crippen molar-refractivity contribution in [2.45, 2.75) is 12.2 Å². The molecule has 0 aliphatic heterocycles. The van der Waals surface area contributed by atoms with Crippen molar-refractivity contribution in [1.29, 1.82) is 0 Å². The predicted molar refractivity (Wildman–Crippen MR) is 34.2 cm³/mol. The van der Waals surface area contributed by atoms with Gasteiger partial charge in [-0.3, -0.25) is 4.21 Å². The molecule has 3 unspecified atom stereocenters. The summed E-state index contributed by atoms with van der Waals surface area (Å²) in [6, 6.07) is 0. The first-order chi connectivity index (χ1) is 4.54. The second-order valence-corrected chi connectivity index (χ2v) is 3.66. The van der Waals surface area contributed by atoms with E-state index in [1.165, 1.54) is 6.92 Å². The molecule has 5 nitrogen and oxygen atoms in total. The maximum absolute atomic E-state index is 10.1. The lowest BCUT2D eigenvalue weighted by atomic mass is 10.5. The molecule has 0 radical (unpaired) electrons. The summed E-state index contributed by atoms with van der Waals surface area (Å²) >= 11 is -2.24. The maximum atomic E-state index is 10.1. The van der Waals surface area contributed by atoms with Crippen molar-refractivity contribution in [2.75, 3.05) is 6.61 Å². The summed E-state index contributed by atoms with van der Waals surface area (Å²) in [6.45, 7) is 1.13. The third-order valence-corrected chi connectivity index (χ3v) is 1.91. The van der Waals surface area contributed by atoms with Crippen LogP contribution < -0.4 is 0 Å². The molecule has 0 saturated heterocycles. The van der Waals surface area contributed by atoms with Crippen LogP contribution in [0.5, 0.6) is 0 Å². The van der Waals surface area contributed by atoms with E-state index in [0.29, 0.717) is 0 Å². The van der Waals surface area contributed by atoms with Crippen LogP contribution in [0.25, 0.3) is 0 Å². The van der Waals surface area contributed by atoms with Crippen molar-refractivity contribution in [3.05, 3.63) is 0 Å². The van der Waals surface area contributed by atoms with Crippen LogP contribution in [0.3, 0.4) is 0 Å². The standard InChI is InChI=1S/C3H7O5PS/c1-3(10(6)7)2-8-9(4)5/h3H,2H2,1H3,(H-,4,5,6,7). The molecule has 60 valence electrons. The Morgan fingerprint density at radius 2 is 2.40 bits per heavy atom. The van der Waals surface area contributed by atoms with E-state index in [-0.39, 0.29) is 6.61 Å². The third-order valence-electron chi connectivity index (χ3n) is 0.748. The van der Waals surface area contributed by atoms with Gasteiger partial charge in [-0.25, -0.2) is 0 Å². The van der Waals surface area contributed by atoms with Gasteiger partial charge in [0.05, 0.1) is 0 Å². The average Bonchev–Trinajstić information content (AvgIpc) is 1.82. The fourth-order valence-electron chi connectivity index (χ4n) is 0.224. The molecule has 0 aliphatic carbocycles. The van der Waals surface area contributed by atoms with Gasteiger partial charge in [-0.15, -0.1) is 9.42 Å². The van der Waals surface area contributed by atoms with Gasteiger partial charge in [-0.05, 0) is 18.0 Å². The highest BCUT2D eigenvalue weighted by Gasteiger charge is 2.14. The largest absolute Gasteiger partial charge is 0.772 e. The first-order valence-corrected chi connectivity index (χ1v) is 4.68. The predicted octanol–water partition coefficient (Wildman–Crippen LogP) is -0.0797. The van der Waals surface area contributed by atoms with E-state index in [0.717, 1.165) is 0 Å². The molecule has 0 rings (SSSR count). The van der Waals surface area contributed by atoms with Gasteiger partial charge in [0.1, 0.15) is 6.61 Å². The van der Waals surface area contributed by atoms with Crippen molar-refractivity contribution < 1.29 is 22.7 Å². The lowest BCUT2D eigenvalue weighted by molar-refractivity contribution is 0.281. The second-order valence-electron chi connectivity index (χ2n) is 1.60. The van der Waals surface area contributed by atoms with Crippen LogP contribution >= 0.6 is 8.25 Å². The zero-order valence-electron chi connectivity index (χ0n) is 5.22. The molecule has 0 aliphatic rings. The minimum atomic E-state index is -2.68. The zero-order chi connectivity index (χ0) is 8.15. The van der Waals surface area contributed by atoms with E-state index >= 15 is 0 Å². The van der Waals surface area contributed by atoms with Crippen molar-refractivity contribution in [2.24, 2.45) is 0 Å². The molecule has 0 bridgehead atoms. The minimum Gasteiger partial charge on any atom is -0.772 e. The maximum Gasteiger partial charge on any atom is 0.694 e. The molecule has 7 heteroatoms. The van der Waals surface area contributed by atoms with Gasteiger partial charge >= 0.3 is 8.25 Å². The van der Waals surface area contributed by atoms with E-state index in [9.17, 15) is 13.3 Å². The van der Waals surface area contributed by atoms with E-state index < -0.39 is 24.6 Å². The Hall–Kier alpha value is 0.130. The molecule has 1 N–H and O–H groups in total. The summed E-state index contributed by atoms with van der Waals surface area (Å²) in [6.07, 6.45) is 0. The van der Waals surface area contributed by atoms with E-state index in [1.54, 1.807) is 0 Å². The van der Waals surface area contributed by atoms with Gasteiger partial charge in [-0.2, -0.15) is 0 Å². The lowest BCUT2D eigenvalue weighted by Crippen LogP contribution is -2.15. The van der Waals surface area contributed by atoms with Gasteiger partial charge in [-0.1, -0.05) is 0 Å². The highest BCUT2D eigenvalue weighted by molar-refractivity contribution is 7.79. The summed E-state index contributed by atoms with van der Waals surface area (Å²) in [5.74, 6) is 0. The fourth-order valence-corrected chi connectivity index (χ4v) is 0.855. The van der Waals surface area contributed by atoms with Crippen molar-refractivity contribution in [3.63, 3.8) is 0 Å². The van der Waals surface area contributed by atoms with Gasteiger partial charge in [0.25, 0.3) is 0 Å². The first-order valence-electron chi connectivity index (χ1n) is 2.41. The summed E-state index contributed by atoms with van der Waals surface area (Å²) < 4.78 is 34.1. The normalized spacial score (nSPS) is 18.1. The van der Waals surface area contributed by atoms with E-state index in [2.05, 4.69) is 4.52 Å². The highest BCUT2D eigenvalue weighted by atomic mass is 32.2. The molecule has 0 heterocycles. The third kappa shape index (κ3) is 4.96. The highest BCUT2D eigenvalue weighted by Crippen LogP contribution is 2.14. The molecule has 3 atom stereocenters. The van der Waals surface area contributed by atoms with Gasteiger partial charge < -0.3 is 4.55 Å². The van der Waals surface area contributed by atoms with Crippen LogP contribution in [-0.4, -0.2) is 25.5 Å². The molecule has 0 aromatic heterocycles. The van der Waals surface area contributed by atoms with Crippen LogP contribution in [-0.2, 0) is 20.2 Å². The molecular weight excluding hydrogens is 179 g/mol. The van der Waals surface area contributed by atoms with Gasteiger partial charge in [0, 0.05) is 9.81 Å². The molecule has 0 saturated carbocycles. The average molecular weight is 186 g/mol. The van der Waals surface area contributed by atoms with Crippen LogP contribution in [0.2, 0.25) is 0 Å². The minimum absolute atomic E-state index is 0.248. The van der Waals surface area contributed by atoms with Crippen LogP contribution in [0.4, 0.5) is 0 Å². The monoisotopic (exact) mass is 186 g/mol. The molecular formula is C3H7O5PS. The fraction of sp³-hybridized carbons (Fsp3) is 1.00. The number of hydrogen-bond donors (Lipinski definition) is 1. The van der Waals surface area contributed by atoms with Gasteiger partial charge in [0.2, 0.25) is 0 Å². The smallest absolute Gasteiger partial charge is 0.694 e.